The van der Waals surface area contributed by atoms with Crippen molar-refractivity contribution in [2.45, 2.75) is 11.4 Å². The van der Waals surface area contributed by atoms with E-state index in [9.17, 15) is 17.6 Å². The highest BCUT2D eigenvalue weighted by molar-refractivity contribution is 7.89. The van der Waals surface area contributed by atoms with E-state index in [1.165, 1.54) is 45.6 Å². The van der Waals surface area contributed by atoms with Gasteiger partial charge in [-0.05, 0) is 42.0 Å². The minimum absolute atomic E-state index is 0.168. The van der Waals surface area contributed by atoms with Crippen LogP contribution in [0.5, 0.6) is 5.75 Å². The third-order valence-corrected chi connectivity index (χ3v) is 6.44. The van der Waals surface area contributed by atoms with Gasteiger partial charge in [0.1, 0.15) is 11.6 Å². The van der Waals surface area contributed by atoms with E-state index >= 15 is 0 Å². The first-order valence-corrected chi connectivity index (χ1v) is 10.6. The average Bonchev–Trinajstić information content (AvgIpc) is 2.73. The van der Waals surface area contributed by atoms with Gasteiger partial charge < -0.3 is 14.4 Å². The zero-order valence-corrected chi connectivity index (χ0v) is 16.9. The molecule has 2 aromatic rings. The number of carbonyl (C=O) groups excluding carboxylic acids is 1. The summed E-state index contributed by atoms with van der Waals surface area (Å²) >= 11 is 0. The predicted molar refractivity (Wildman–Crippen MR) is 104 cm³/mol. The smallest absolute Gasteiger partial charge is 0.260 e. The topological polar surface area (TPSA) is 76.2 Å². The van der Waals surface area contributed by atoms with Crippen LogP contribution in [0.25, 0.3) is 0 Å². The van der Waals surface area contributed by atoms with Gasteiger partial charge in [0.15, 0.2) is 6.61 Å². The molecule has 0 N–H and O–H groups in total. The maximum Gasteiger partial charge on any atom is 0.260 e. The molecule has 0 spiro atoms. The SMILES string of the molecule is CN(Cc1cccc(F)c1)C(=O)COc1ccc(S(=O)(=O)N2CCOCC2)cc1. The summed E-state index contributed by atoms with van der Waals surface area (Å²) in [5, 5.41) is 0. The quantitative estimate of drug-likeness (QED) is 0.681. The first-order valence-electron chi connectivity index (χ1n) is 9.15. The molecular weight excluding hydrogens is 399 g/mol. The second kappa shape index (κ2) is 9.34. The second-order valence-electron chi connectivity index (χ2n) is 6.66. The van der Waals surface area contributed by atoms with Crippen LogP contribution >= 0.6 is 0 Å². The number of hydrogen-bond donors (Lipinski definition) is 0. The highest BCUT2D eigenvalue weighted by Gasteiger charge is 2.26. The van der Waals surface area contributed by atoms with E-state index in [0.717, 1.165) is 0 Å². The van der Waals surface area contributed by atoms with E-state index < -0.39 is 10.0 Å². The Labute approximate surface area is 169 Å². The first kappa shape index (κ1) is 21.2. The zero-order chi connectivity index (χ0) is 20.9. The van der Waals surface area contributed by atoms with Gasteiger partial charge in [-0.3, -0.25) is 4.79 Å². The Morgan fingerprint density at radius 2 is 1.86 bits per heavy atom. The summed E-state index contributed by atoms with van der Waals surface area (Å²) in [4.78, 5) is 13.8. The van der Waals surface area contributed by atoms with Crippen molar-refractivity contribution < 1.29 is 27.1 Å². The number of nitrogens with zero attached hydrogens (tertiary/aromatic N) is 2. The molecular formula is C20H23FN2O5S. The molecule has 0 bridgehead atoms. The molecule has 1 aliphatic rings. The monoisotopic (exact) mass is 422 g/mol. The summed E-state index contributed by atoms with van der Waals surface area (Å²) in [6, 6.07) is 12.0. The number of carbonyl (C=O) groups is 1. The fraction of sp³-hybridized carbons (Fsp3) is 0.350. The van der Waals surface area contributed by atoms with Crippen LogP contribution < -0.4 is 4.74 Å². The molecule has 0 unspecified atom stereocenters. The van der Waals surface area contributed by atoms with Crippen molar-refractivity contribution in [3.63, 3.8) is 0 Å². The molecule has 29 heavy (non-hydrogen) atoms. The van der Waals surface area contributed by atoms with Crippen molar-refractivity contribution in [3.8, 4) is 5.75 Å². The van der Waals surface area contributed by atoms with Crippen LogP contribution in [0.1, 0.15) is 5.56 Å². The van der Waals surface area contributed by atoms with Crippen LogP contribution in [0.4, 0.5) is 4.39 Å². The standard InChI is InChI=1S/C20H23FN2O5S/c1-22(14-16-3-2-4-17(21)13-16)20(24)15-28-18-5-7-19(8-6-18)29(25,26)23-9-11-27-12-10-23/h2-8,13H,9-12,14-15H2,1H3. The van der Waals surface area contributed by atoms with Gasteiger partial charge in [0, 0.05) is 26.7 Å². The van der Waals surface area contributed by atoms with E-state index in [0.29, 0.717) is 37.6 Å². The summed E-state index contributed by atoms with van der Waals surface area (Å²) in [5.41, 5.74) is 0.679. The summed E-state index contributed by atoms with van der Waals surface area (Å²) < 4.78 is 50.5. The Balaban J connectivity index is 1.55. The van der Waals surface area contributed by atoms with Crippen molar-refractivity contribution in [2.75, 3.05) is 40.0 Å². The molecule has 1 heterocycles. The van der Waals surface area contributed by atoms with E-state index in [-0.39, 0.29) is 29.8 Å². The lowest BCUT2D eigenvalue weighted by Crippen LogP contribution is -2.40. The normalized spacial score (nSPS) is 15.1. The number of ether oxygens (including phenoxy) is 2. The van der Waals surface area contributed by atoms with Crippen LogP contribution in [0.15, 0.2) is 53.4 Å². The van der Waals surface area contributed by atoms with Crippen LogP contribution in [0, 0.1) is 5.82 Å². The molecule has 156 valence electrons. The largest absolute Gasteiger partial charge is 0.484 e. The fourth-order valence-corrected chi connectivity index (χ4v) is 4.30. The minimum atomic E-state index is -3.57. The van der Waals surface area contributed by atoms with Gasteiger partial charge in [-0.1, -0.05) is 12.1 Å². The zero-order valence-electron chi connectivity index (χ0n) is 16.1. The first-order chi connectivity index (χ1) is 13.9. The van der Waals surface area contributed by atoms with Gasteiger partial charge >= 0.3 is 0 Å². The van der Waals surface area contributed by atoms with Gasteiger partial charge in [-0.15, -0.1) is 0 Å². The van der Waals surface area contributed by atoms with E-state index in [2.05, 4.69) is 0 Å². The number of rotatable bonds is 7. The van der Waals surface area contributed by atoms with Crippen LogP contribution in [-0.2, 0) is 26.1 Å². The van der Waals surface area contributed by atoms with E-state index in [1.54, 1.807) is 19.2 Å². The van der Waals surface area contributed by atoms with Crippen LogP contribution in [0.2, 0.25) is 0 Å². The molecule has 2 aromatic carbocycles. The molecule has 1 amide bonds. The highest BCUT2D eigenvalue weighted by atomic mass is 32.2. The Morgan fingerprint density at radius 1 is 1.17 bits per heavy atom. The maximum absolute atomic E-state index is 13.2. The van der Waals surface area contributed by atoms with Gasteiger partial charge in [-0.25, -0.2) is 12.8 Å². The van der Waals surface area contributed by atoms with E-state index in [1.807, 2.05) is 0 Å². The Kier molecular flexibility index (Phi) is 6.83. The molecule has 1 fully saturated rings. The van der Waals surface area contributed by atoms with Gasteiger partial charge in [0.25, 0.3) is 5.91 Å². The van der Waals surface area contributed by atoms with Gasteiger partial charge in [0.05, 0.1) is 18.1 Å². The van der Waals surface area contributed by atoms with Crippen molar-refractivity contribution in [1.82, 2.24) is 9.21 Å². The second-order valence-corrected chi connectivity index (χ2v) is 8.59. The minimum Gasteiger partial charge on any atom is -0.484 e. The third-order valence-electron chi connectivity index (χ3n) is 4.53. The molecule has 0 radical (unpaired) electrons. The van der Waals surface area contributed by atoms with Crippen molar-refractivity contribution >= 4 is 15.9 Å². The Hall–Kier alpha value is -2.49. The Morgan fingerprint density at radius 3 is 2.52 bits per heavy atom. The molecule has 0 aromatic heterocycles. The lowest BCUT2D eigenvalue weighted by molar-refractivity contribution is -0.132. The average molecular weight is 422 g/mol. The number of benzene rings is 2. The summed E-state index contributed by atoms with van der Waals surface area (Å²) in [6.45, 7) is 1.47. The maximum atomic E-state index is 13.2. The molecule has 1 aliphatic heterocycles. The number of likely N-dealkylation sites (N-methyl/N-ethyl adjacent to an activating group) is 1. The molecule has 0 aliphatic carbocycles. The number of amides is 1. The molecule has 7 nitrogen and oxygen atoms in total. The molecule has 3 rings (SSSR count). The van der Waals surface area contributed by atoms with E-state index in [4.69, 9.17) is 9.47 Å². The molecule has 0 atom stereocenters. The number of sulfonamides is 1. The van der Waals surface area contributed by atoms with Gasteiger partial charge in [0.2, 0.25) is 10.0 Å². The van der Waals surface area contributed by atoms with Gasteiger partial charge in [-0.2, -0.15) is 4.31 Å². The molecule has 0 saturated carbocycles. The summed E-state index contributed by atoms with van der Waals surface area (Å²) in [7, 11) is -1.96. The molecule has 9 heteroatoms. The molecule has 1 saturated heterocycles. The van der Waals surface area contributed by atoms with Crippen LogP contribution in [-0.4, -0.2) is 63.5 Å². The lowest BCUT2D eigenvalue weighted by Gasteiger charge is -2.26. The predicted octanol–water partition coefficient (Wildman–Crippen LogP) is 1.88. The lowest BCUT2D eigenvalue weighted by atomic mass is 10.2. The van der Waals surface area contributed by atoms with Crippen molar-refractivity contribution in [3.05, 3.63) is 59.9 Å². The highest BCUT2D eigenvalue weighted by Crippen LogP contribution is 2.20. The Bertz CT molecular complexity index is 944. The van der Waals surface area contributed by atoms with Crippen molar-refractivity contribution in [2.24, 2.45) is 0 Å². The number of hydrogen-bond acceptors (Lipinski definition) is 5. The number of morpholine rings is 1. The van der Waals surface area contributed by atoms with Crippen LogP contribution in [0.3, 0.4) is 0 Å². The fourth-order valence-electron chi connectivity index (χ4n) is 2.90. The van der Waals surface area contributed by atoms with Crippen molar-refractivity contribution in [1.29, 1.82) is 0 Å². The third kappa shape index (κ3) is 5.53. The number of halogens is 1. The summed E-state index contributed by atoms with van der Waals surface area (Å²) in [5.74, 6) is -0.246. The summed E-state index contributed by atoms with van der Waals surface area (Å²) in [6.07, 6.45) is 0.